The molecule has 0 bridgehead atoms. The van der Waals surface area contributed by atoms with Gasteiger partial charge in [-0.25, -0.2) is 4.98 Å². The Hall–Kier alpha value is -2.18. The Morgan fingerprint density at radius 3 is 2.86 bits per heavy atom. The summed E-state index contributed by atoms with van der Waals surface area (Å²) in [6, 6.07) is 2.10. The normalized spacial score (nSPS) is 16.5. The number of fused-ring (bicyclic) bond motifs is 1. The van der Waals surface area contributed by atoms with Crippen molar-refractivity contribution in [1.82, 2.24) is 19.6 Å². The summed E-state index contributed by atoms with van der Waals surface area (Å²) in [5.74, 6) is 1.49. The Morgan fingerprint density at radius 1 is 1.43 bits per heavy atom. The zero-order valence-corrected chi connectivity index (χ0v) is 12.2. The fourth-order valence-electron chi connectivity index (χ4n) is 2.87. The number of aryl methyl sites for hydroxylation is 1. The van der Waals surface area contributed by atoms with Crippen molar-refractivity contribution in [2.75, 3.05) is 18.0 Å². The van der Waals surface area contributed by atoms with E-state index >= 15 is 0 Å². The van der Waals surface area contributed by atoms with Crippen LogP contribution in [0.25, 0.3) is 5.78 Å². The molecule has 0 atom stereocenters. The average molecular weight is 288 g/mol. The largest absolute Gasteiger partial charge is 0.369 e. The second kappa shape index (κ2) is 5.67. The molecule has 1 saturated heterocycles. The number of hydrogen-bond donors (Lipinski definition) is 1. The van der Waals surface area contributed by atoms with Gasteiger partial charge in [0.1, 0.15) is 12.1 Å². The van der Waals surface area contributed by atoms with Gasteiger partial charge in [0, 0.05) is 30.8 Å². The zero-order chi connectivity index (χ0) is 14.8. The van der Waals surface area contributed by atoms with E-state index in [0.29, 0.717) is 5.78 Å². The Bertz CT molecular complexity index is 644. The smallest absolute Gasteiger partial charge is 0.256 e. The molecular formula is C14H20N6O. The number of carbonyl (C=O) groups excluding carboxylic acids is 1. The van der Waals surface area contributed by atoms with Gasteiger partial charge in [-0.3, -0.25) is 9.20 Å². The van der Waals surface area contributed by atoms with Gasteiger partial charge in [-0.05, 0) is 19.3 Å². The first-order valence-electron chi connectivity index (χ1n) is 7.43. The van der Waals surface area contributed by atoms with Crippen molar-refractivity contribution in [2.45, 2.75) is 32.6 Å². The molecule has 1 aliphatic rings. The van der Waals surface area contributed by atoms with Crippen LogP contribution in [0.3, 0.4) is 0 Å². The van der Waals surface area contributed by atoms with E-state index in [2.05, 4.69) is 33.1 Å². The van der Waals surface area contributed by atoms with Gasteiger partial charge in [0.15, 0.2) is 0 Å². The van der Waals surface area contributed by atoms with Crippen LogP contribution in [0.1, 0.15) is 31.9 Å². The number of hydrogen-bond acceptors (Lipinski definition) is 5. The number of anilines is 1. The maximum atomic E-state index is 11.3. The number of piperidine rings is 1. The predicted octanol–water partition coefficient (Wildman–Crippen LogP) is 0.778. The van der Waals surface area contributed by atoms with Crippen LogP contribution in [-0.2, 0) is 11.2 Å². The lowest BCUT2D eigenvalue weighted by Gasteiger charge is -2.32. The van der Waals surface area contributed by atoms with E-state index < -0.39 is 0 Å². The number of nitrogens with zero attached hydrogens (tertiary/aromatic N) is 5. The van der Waals surface area contributed by atoms with Crippen molar-refractivity contribution in [3.8, 4) is 0 Å². The van der Waals surface area contributed by atoms with E-state index in [1.165, 1.54) is 0 Å². The van der Waals surface area contributed by atoms with Gasteiger partial charge in [-0.1, -0.05) is 13.3 Å². The van der Waals surface area contributed by atoms with E-state index in [1.54, 1.807) is 6.33 Å². The summed E-state index contributed by atoms with van der Waals surface area (Å²) in [6.07, 6.45) is 5.25. The topological polar surface area (TPSA) is 89.4 Å². The predicted molar refractivity (Wildman–Crippen MR) is 78.9 cm³/mol. The van der Waals surface area contributed by atoms with Crippen LogP contribution in [0.15, 0.2) is 12.4 Å². The Morgan fingerprint density at radius 2 is 2.19 bits per heavy atom. The molecule has 1 aliphatic heterocycles. The van der Waals surface area contributed by atoms with Crippen LogP contribution < -0.4 is 10.6 Å². The average Bonchev–Trinajstić information content (AvgIpc) is 2.95. The third-order valence-electron chi connectivity index (χ3n) is 4.04. The van der Waals surface area contributed by atoms with Crippen molar-refractivity contribution in [2.24, 2.45) is 11.7 Å². The Kier molecular flexibility index (Phi) is 3.72. The SMILES string of the molecule is CCCc1cc(N2CCC(C(N)=O)CC2)n2cnnc2n1. The number of nitrogens with two attached hydrogens (primary N) is 1. The molecule has 2 N–H and O–H groups in total. The van der Waals surface area contributed by atoms with Crippen LogP contribution in [0.4, 0.5) is 5.82 Å². The van der Waals surface area contributed by atoms with E-state index in [4.69, 9.17) is 5.73 Å². The van der Waals surface area contributed by atoms with Gasteiger partial charge in [-0.15, -0.1) is 10.2 Å². The molecule has 0 aromatic carbocycles. The van der Waals surface area contributed by atoms with E-state index in [1.807, 2.05) is 4.40 Å². The molecule has 0 spiro atoms. The maximum absolute atomic E-state index is 11.3. The molecule has 2 aromatic rings. The first-order chi connectivity index (χ1) is 10.2. The number of aromatic nitrogens is 4. The standard InChI is InChI=1S/C14H20N6O/c1-2-3-11-8-12(20-9-16-18-14(20)17-11)19-6-4-10(5-7-19)13(15)21/h8-10H,2-7H2,1H3,(H2,15,21). The Labute approximate surface area is 123 Å². The highest BCUT2D eigenvalue weighted by atomic mass is 16.1. The first kappa shape index (κ1) is 13.8. The van der Waals surface area contributed by atoms with Gasteiger partial charge in [0.25, 0.3) is 5.78 Å². The van der Waals surface area contributed by atoms with Gasteiger partial charge in [0.05, 0.1) is 0 Å². The highest BCUT2D eigenvalue weighted by Crippen LogP contribution is 2.24. The van der Waals surface area contributed by atoms with Crippen LogP contribution >= 0.6 is 0 Å². The minimum atomic E-state index is -0.189. The van der Waals surface area contributed by atoms with Crippen LogP contribution in [0.2, 0.25) is 0 Å². The molecule has 3 heterocycles. The molecule has 0 unspecified atom stereocenters. The molecule has 2 aromatic heterocycles. The number of rotatable bonds is 4. The fourth-order valence-corrected chi connectivity index (χ4v) is 2.87. The molecule has 1 fully saturated rings. The molecule has 1 amide bonds. The lowest BCUT2D eigenvalue weighted by Crippen LogP contribution is -2.39. The molecule has 0 aliphatic carbocycles. The molecule has 112 valence electrons. The van der Waals surface area contributed by atoms with Gasteiger partial charge >= 0.3 is 0 Å². The van der Waals surface area contributed by atoms with Crippen LogP contribution in [0, 0.1) is 5.92 Å². The van der Waals surface area contributed by atoms with E-state index in [0.717, 1.165) is 50.3 Å². The molecule has 3 rings (SSSR count). The summed E-state index contributed by atoms with van der Waals surface area (Å²) >= 11 is 0. The lowest BCUT2D eigenvalue weighted by molar-refractivity contribution is -0.122. The second-order valence-electron chi connectivity index (χ2n) is 5.52. The van der Waals surface area contributed by atoms with Gasteiger partial charge in [-0.2, -0.15) is 0 Å². The maximum Gasteiger partial charge on any atom is 0.256 e. The highest BCUT2D eigenvalue weighted by molar-refractivity contribution is 5.77. The molecule has 7 nitrogen and oxygen atoms in total. The first-order valence-corrected chi connectivity index (χ1v) is 7.43. The monoisotopic (exact) mass is 288 g/mol. The third-order valence-corrected chi connectivity index (χ3v) is 4.04. The van der Waals surface area contributed by atoms with E-state index in [-0.39, 0.29) is 11.8 Å². The minimum Gasteiger partial charge on any atom is -0.369 e. The van der Waals surface area contributed by atoms with Crippen molar-refractivity contribution in [3.05, 3.63) is 18.1 Å². The molecule has 0 radical (unpaired) electrons. The second-order valence-corrected chi connectivity index (χ2v) is 5.52. The Balaban J connectivity index is 1.89. The zero-order valence-electron chi connectivity index (χ0n) is 12.2. The highest BCUT2D eigenvalue weighted by Gasteiger charge is 2.24. The van der Waals surface area contributed by atoms with Crippen molar-refractivity contribution in [3.63, 3.8) is 0 Å². The molecular weight excluding hydrogens is 268 g/mol. The third kappa shape index (κ3) is 2.68. The van der Waals surface area contributed by atoms with Crippen LogP contribution in [0.5, 0.6) is 0 Å². The fraction of sp³-hybridized carbons (Fsp3) is 0.571. The number of carbonyl (C=O) groups is 1. The van der Waals surface area contributed by atoms with Crippen LogP contribution in [-0.4, -0.2) is 38.6 Å². The quantitative estimate of drug-likeness (QED) is 0.898. The lowest BCUT2D eigenvalue weighted by atomic mass is 9.96. The van der Waals surface area contributed by atoms with Gasteiger partial charge in [0.2, 0.25) is 5.91 Å². The van der Waals surface area contributed by atoms with Gasteiger partial charge < -0.3 is 10.6 Å². The van der Waals surface area contributed by atoms with Crippen molar-refractivity contribution < 1.29 is 4.79 Å². The minimum absolute atomic E-state index is 0.00500. The van der Waals surface area contributed by atoms with Crippen molar-refractivity contribution >= 4 is 17.5 Å². The van der Waals surface area contributed by atoms with Crippen molar-refractivity contribution in [1.29, 1.82) is 0 Å². The number of amides is 1. The summed E-state index contributed by atoms with van der Waals surface area (Å²) < 4.78 is 1.91. The summed E-state index contributed by atoms with van der Waals surface area (Å²) in [7, 11) is 0. The summed E-state index contributed by atoms with van der Waals surface area (Å²) in [5.41, 5.74) is 6.43. The number of primary amides is 1. The van der Waals surface area contributed by atoms with E-state index in [9.17, 15) is 4.79 Å². The molecule has 0 saturated carbocycles. The summed E-state index contributed by atoms with van der Waals surface area (Å²) in [6.45, 7) is 3.76. The molecule has 7 heteroatoms. The summed E-state index contributed by atoms with van der Waals surface area (Å²) in [4.78, 5) is 18.0. The molecule has 21 heavy (non-hydrogen) atoms. The summed E-state index contributed by atoms with van der Waals surface area (Å²) in [5, 5.41) is 8.01.